The second-order valence-electron chi connectivity index (χ2n) is 2.52. The standard InChI is InChI=1S/C6H14O4S/c1-6(7)4-3-5-10-11(2,8)9/h6-7H,3-5H2,1-2H3. The van der Waals surface area contributed by atoms with Gasteiger partial charge in [0.2, 0.25) is 0 Å². The SMILES string of the molecule is CC(O)CCCOS(C)(=O)=O. The van der Waals surface area contributed by atoms with Gasteiger partial charge in [-0.1, -0.05) is 0 Å². The molecule has 1 N–H and O–H groups in total. The van der Waals surface area contributed by atoms with Crippen LogP contribution < -0.4 is 0 Å². The predicted molar refractivity (Wildman–Crippen MR) is 41.7 cm³/mol. The molecule has 0 spiro atoms. The van der Waals surface area contributed by atoms with Gasteiger partial charge < -0.3 is 5.11 Å². The van der Waals surface area contributed by atoms with E-state index in [9.17, 15) is 8.42 Å². The van der Waals surface area contributed by atoms with E-state index in [1.54, 1.807) is 6.92 Å². The molecule has 1 atom stereocenters. The van der Waals surface area contributed by atoms with Gasteiger partial charge in [0.05, 0.1) is 19.0 Å². The van der Waals surface area contributed by atoms with E-state index in [1.165, 1.54) is 0 Å². The second kappa shape index (κ2) is 4.69. The van der Waals surface area contributed by atoms with Gasteiger partial charge in [0, 0.05) is 0 Å². The smallest absolute Gasteiger partial charge is 0.264 e. The Morgan fingerprint density at radius 2 is 2.09 bits per heavy atom. The maximum atomic E-state index is 10.4. The molecule has 0 fully saturated rings. The van der Waals surface area contributed by atoms with Gasteiger partial charge >= 0.3 is 0 Å². The van der Waals surface area contributed by atoms with Crippen molar-refractivity contribution in [2.75, 3.05) is 12.9 Å². The second-order valence-corrected chi connectivity index (χ2v) is 4.16. The maximum Gasteiger partial charge on any atom is 0.264 e. The Bertz CT molecular complexity index is 183. The monoisotopic (exact) mass is 182 g/mol. The van der Waals surface area contributed by atoms with E-state index in [2.05, 4.69) is 4.18 Å². The molecule has 0 rings (SSSR count). The van der Waals surface area contributed by atoms with Gasteiger partial charge in [0.15, 0.2) is 0 Å². The molecule has 0 saturated heterocycles. The fourth-order valence-electron chi connectivity index (χ4n) is 0.589. The summed E-state index contributed by atoms with van der Waals surface area (Å²) in [5.74, 6) is 0. The molecule has 5 heteroatoms. The van der Waals surface area contributed by atoms with Crippen molar-refractivity contribution in [1.82, 2.24) is 0 Å². The zero-order chi connectivity index (χ0) is 8.91. The maximum absolute atomic E-state index is 10.4. The average Bonchev–Trinajstić information content (AvgIpc) is 1.78. The number of aliphatic hydroxyl groups excluding tert-OH is 1. The third kappa shape index (κ3) is 9.87. The molecular formula is C6H14O4S. The fraction of sp³-hybridized carbons (Fsp3) is 1.00. The fourth-order valence-corrected chi connectivity index (χ4v) is 1.01. The van der Waals surface area contributed by atoms with Gasteiger partial charge in [-0.2, -0.15) is 8.42 Å². The van der Waals surface area contributed by atoms with Crippen LogP contribution in [0, 0.1) is 0 Å². The first-order valence-corrected chi connectivity index (χ1v) is 5.26. The largest absolute Gasteiger partial charge is 0.393 e. The molecule has 0 aromatic carbocycles. The van der Waals surface area contributed by atoms with E-state index in [4.69, 9.17) is 5.11 Å². The number of hydrogen-bond acceptors (Lipinski definition) is 4. The van der Waals surface area contributed by atoms with Gasteiger partial charge in [-0.05, 0) is 19.8 Å². The molecule has 0 bridgehead atoms. The molecule has 0 aromatic heterocycles. The van der Waals surface area contributed by atoms with Crippen LogP contribution >= 0.6 is 0 Å². The lowest BCUT2D eigenvalue weighted by Gasteiger charge is -2.02. The minimum absolute atomic E-state index is 0.156. The van der Waals surface area contributed by atoms with Gasteiger partial charge in [0.1, 0.15) is 0 Å². The number of hydrogen-bond donors (Lipinski definition) is 1. The first kappa shape index (κ1) is 10.9. The lowest BCUT2D eigenvalue weighted by molar-refractivity contribution is 0.171. The molecule has 68 valence electrons. The summed E-state index contributed by atoms with van der Waals surface area (Å²) in [4.78, 5) is 0. The van der Waals surface area contributed by atoms with Crippen molar-refractivity contribution in [2.45, 2.75) is 25.9 Å². The summed E-state index contributed by atoms with van der Waals surface area (Å²) in [6.07, 6.45) is 1.74. The molecule has 0 aliphatic rings. The van der Waals surface area contributed by atoms with Crippen molar-refractivity contribution in [2.24, 2.45) is 0 Å². The molecule has 0 aliphatic heterocycles. The zero-order valence-corrected chi connectivity index (χ0v) is 7.60. The summed E-state index contributed by atoms with van der Waals surface area (Å²) < 4.78 is 25.2. The Hall–Kier alpha value is -0.130. The summed E-state index contributed by atoms with van der Waals surface area (Å²) in [6.45, 7) is 1.81. The zero-order valence-electron chi connectivity index (χ0n) is 6.78. The van der Waals surface area contributed by atoms with E-state index >= 15 is 0 Å². The Morgan fingerprint density at radius 1 is 1.55 bits per heavy atom. The lowest BCUT2D eigenvalue weighted by Crippen LogP contribution is -2.07. The highest BCUT2D eigenvalue weighted by Gasteiger charge is 2.01. The first-order chi connectivity index (χ1) is 4.92. The molecule has 0 saturated carbocycles. The summed E-state index contributed by atoms with van der Waals surface area (Å²) in [5.41, 5.74) is 0. The molecule has 0 aliphatic carbocycles. The van der Waals surface area contributed by atoms with Crippen molar-refractivity contribution in [1.29, 1.82) is 0 Å². The van der Waals surface area contributed by atoms with E-state index in [0.29, 0.717) is 12.8 Å². The van der Waals surface area contributed by atoms with Crippen molar-refractivity contribution >= 4 is 10.1 Å². The summed E-state index contributed by atoms with van der Waals surface area (Å²) in [7, 11) is -3.30. The van der Waals surface area contributed by atoms with Gasteiger partial charge in [0.25, 0.3) is 10.1 Å². The molecule has 11 heavy (non-hydrogen) atoms. The van der Waals surface area contributed by atoms with Crippen LogP contribution in [0.2, 0.25) is 0 Å². The molecule has 0 amide bonds. The molecule has 1 unspecified atom stereocenters. The Kier molecular flexibility index (Phi) is 4.63. The third-order valence-electron chi connectivity index (χ3n) is 1.06. The van der Waals surface area contributed by atoms with Crippen LogP contribution in [0.25, 0.3) is 0 Å². The predicted octanol–water partition coefficient (Wildman–Crippen LogP) is 0.124. The van der Waals surface area contributed by atoms with Crippen LogP contribution in [-0.2, 0) is 14.3 Å². The molecular weight excluding hydrogens is 168 g/mol. The number of aliphatic hydroxyl groups is 1. The third-order valence-corrected chi connectivity index (χ3v) is 1.66. The highest BCUT2D eigenvalue weighted by Crippen LogP contribution is 1.97. The van der Waals surface area contributed by atoms with Crippen LogP contribution in [0.4, 0.5) is 0 Å². The van der Waals surface area contributed by atoms with Crippen molar-refractivity contribution in [3.63, 3.8) is 0 Å². The number of rotatable bonds is 5. The minimum Gasteiger partial charge on any atom is -0.393 e. The quantitative estimate of drug-likeness (QED) is 0.484. The topological polar surface area (TPSA) is 63.6 Å². The molecule has 0 radical (unpaired) electrons. The van der Waals surface area contributed by atoms with Crippen LogP contribution in [0.5, 0.6) is 0 Å². The molecule has 0 heterocycles. The van der Waals surface area contributed by atoms with E-state index in [1.807, 2.05) is 0 Å². The normalized spacial score (nSPS) is 14.8. The van der Waals surface area contributed by atoms with Crippen LogP contribution in [-0.4, -0.2) is 32.5 Å². The summed E-state index contributed by atoms with van der Waals surface area (Å²) in [5, 5.41) is 8.78. The van der Waals surface area contributed by atoms with Crippen molar-refractivity contribution in [3.8, 4) is 0 Å². The average molecular weight is 182 g/mol. The summed E-state index contributed by atoms with van der Waals surface area (Å²) >= 11 is 0. The minimum atomic E-state index is -3.30. The van der Waals surface area contributed by atoms with Crippen LogP contribution in [0.15, 0.2) is 0 Å². The highest BCUT2D eigenvalue weighted by molar-refractivity contribution is 7.85. The molecule has 0 aromatic rings. The van der Waals surface area contributed by atoms with Gasteiger partial charge in [-0.3, -0.25) is 4.18 Å². The summed E-state index contributed by atoms with van der Waals surface area (Å²) in [6, 6.07) is 0. The van der Waals surface area contributed by atoms with Gasteiger partial charge in [-0.25, -0.2) is 0 Å². The van der Waals surface area contributed by atoms with E-state index in [-0.39, 0.29) is 6.61 Å². The Balaban J connectivity index is 3.30. The van der Waals surface area contributed by atoms with Crippen molar-refractivity contribution < 1.29 is 17.7 Å². The molecule has 4 nitrogen and oxygen atoms in total. The van der Waals surface area contributed by atoms with Crippen molar-refractivity contribution in [3.05, 3.63) is 0 Å². The first-order valence-electron chi connectivity index (χ1n) is 3.44. The van der Waals surface area contributed by atoms with Crippen LogP contribution in [0.1, 0.15) is 19.8 Å². The van der Waals surface area contributed by atoms with Crippen LogP contribution in [0.3, 0.4) is 0 Å². The van der Waals surface area contributed by atoms with Gasteiger partial charge in [-0.15, -0.1) is 0 Å². The van der Waals surface area contributed by atoms with E-state index < -0.39 is 16.2 Å². The Labute approximate surface area is 67.3 Å². The highest BCUT2D eigenvalue weighted by atomic mass is 32.2. The Morgan fingerprint density at radius 3 is 2.45 bits per heavy atom. The lowest BCUT2D eigenvalue weighted by atomic mass is 10.2. The van der Waals surface area contributed by atoms with E-state index in [0.717, 1.165) is 6.26 Å².